The molecule has 0 radical (unpaired) electrons. The molecule has 17 heavy (non-hydrogen) atoms. The quantitative estimate of drug-likeness (QED) is 0.731. The van der Waals surface area contributed by atoms with Crippen molar-refractivity contribution >= 4 is 17.6 Å². The fourth-order valence-electron chi connectivity index (χ4n) is 1.39. The number of rotatable bonds is 2. The zero-order valence-corrected chi connectivity index (χ0v) is 11.8. The fraction of sp³-hybridized carbons (Fsp3) is 0.500. The minimum absolute atomic E-state index is 0.377. The predicted molar refractivity (Wildman–Crippen MR) is 70.7 cm³/mol. The molecule has 1 aromatic rings. The van der Waals surface area contributed by atoms with Gasteiger partial charge >= 0.3 is 5.97 Å². The topological polar surface area (TPSA) is 26.3 Å². The zero-order valence-electron chi connectivity index (χ0n) is 11.0. The van der Waals surface area contributed by atoms with Gasteiger partial charge in [0.15, 0.2) is 0 Å². The van der Waals surface area contributed by atoms with Gasteiger partial charge in [-0.1, -0.05) is 31.5 Å². The van der Waals surface area contributed by atoms with E-state index in [4.69, 9.17) is 16.3 Å². The number of ether oxygens (including phenoxy) is 1. The second kappa shape index (κ2) is 5.09. The van der Waals surface area contributed by atoms with Gasteiger partial charge in [0, 0.05) is 0 Å². The minimum Gasteiger partial charge on any atom is -0.456 e. The van der Waals surface area contributed by atoms with Crippen molar-refractivity contribution in [1.29, 1.82) is 0 Å². The molecule has 0 unspecified atom stereocenters. The van der Waals surface area contributed by atoms with Crippen molar-refractivity contribution in [3.8, 4) is 0 Å². The first kappa shape index (κ1) is 14.0. The van der Waals surface area contributed by atoms with Crippen LogP contribution in [0, 0.1) is 0 Å². The first-order chi connectivity index (χ1) is 7.70. The summed E-state index contributed by atoms with van der Waals surface area (Å²) >= 11 is 6.10. The molecule has 0 spiro atoms. The number of hydrogen-bond donors (Lipinski definition) is 0. The minimum atomic E-state index is -0.503. The normalized spacial score (nSPS) is 11.7. The van der Waals surface area contributed by atoms with E-state index in [-0.39, 0.29) is 5.97 Å². The number of halogens is 1. The van der Waals surface area contributed by atoms with Crippen LogP contribution in [0.4, 0.5) is 0 Å². The molecule has 0 N–H and O–H groups in total. The summed E-state index contributed by atoms with van der Waals surface area (Å²) in [6.07, 6.45) is 0. The van der Waals surface area contributed by atoms with Gasteiger partial charge < -0.3 is 4.74 Å². The summed E-state index contributed by atoms with van der Waals surface area (Å²) in [7, 11) is 0. The standard InChI is InChI=1S/C14H19ClO2/c1-9(2)10-6-7-11(12(15)8-10)13(16)17-14(3,4)5/h6-9H,1-5H3. The van der Waals surface area contributed by atoms with Gasteiger partial charge in [-0.3, -0.25) is 0 Å². The van der Waals surface area contributed by atoms with Crippen LogP contribution < -0.4 is 0 Å². The number of hydrogen-bond acceptors (Lipinski definition) is 2. The van der Waals surface area contributed by atoms with Crippen LogP contribution in [0.1, 0.15) is 56.5 Å². The van der Waals surface area contributed by atoms with E-state index in [0.29, 0.717) is 16.5 Å². The number of carbonyl (C=O) groups excluding carboxylic acids is 1. The molecule has 0 aliphatic carbocycles. The predicted octanol–water partition coefficient (Wildman–Crippen LogP) is 4.42. The maximum absolute atomic E-state index is 11.9. The lowest BCUT2D eigenvalue weighted by Gasteiger charge is -2.20. The van der Waals surface area contributed by atoms with Crippen LogP contribution in [0.2, 0.25) is 5.02 Å². The smallest absolute Gasteiger partial charge is 0.340 e. The molecule has 1 aromatic carbocycles. The first-order valence-electron chi connectivity index (χ1n) is 5.73. The van der Waals surface area contributed by atoms with Crippen LogP contribution in [-0.2, 0) is 4.74 Å². The van der Waals surface area contributed by atoms with E-state index in [1.165, 1.54) is 0 Å². The second-order valence-electron chi connectivity index (χ2n) is 5.40. The van der Waals surface area contributed by atoms with Crippen LogP contribution in [0.25, 0.3) is 0 Å². The number of esters is 1. The van der Waals surface area contributed by atoms with Crippen molar-refractivity contribution in [3.63, 3.8) is 0 Å². The summed E-state index contributed by atoms with van der Waals surface area (Å²) in [5.74, 6) is 0.0120. The molecule has 2 nitrogen and oxygen atoms in total. The van der Waals surface area contributed by atoms with E-state index >= 15 is 0 Å². The summed E-state index contributed by atoms with van der Waals surface area (Å²) in [5.41, 5.74) is 1.03. The lowest BCUT2D eigenvalue weighted by molar-refractivity contribution is 0.00697. The van der Waals surface area contributed by atoms with Gasteiger partial charge in [0.25, 0.3) is 0 Å². The van der Waals surface area contributed by atoms with E-state index in [1.807, 2.05) is 32.9 Å². The van der Waals surface area contributed by atoms with Crippen molar-refractivity contribution in [2.45, 2.75) is 46.1 Å². The highest BCUT2D eigenvalue weighted by Crippen LogP contribution is 2.24. The first-order valence-corrected chi connectivity index (χ1v) is 6.11. The molecule has 94 valence electrons. The Kier molecular flexibility index (Phi) is 4.21. The van der Waals surface area contributed by atoms with Crippen molar-refractivity contribution < 1.29 is 9.53 Å². The Balaban J connectivity index is 2.96. The zero-order chi connectivity index (χ0) is 13.2. The maximum Gasteiger partial charge on any atom is 0.340 e. The molecule has 0 saturated carbocycles. The van der Waals surface area contributed by atoms with Gasteiger partial charge in [0.1, 0.15) is 5.60 Å². The van der Waals surface area contributed by atoms with Gasteiger partial charge in [-0.25, -0.2) is 4.79 Å². The third-order valence-corrected chi connectivity index (χ3v) is 2.59. The summed E-state index contributed by atoms with van der Waals surface area (Å²) in [4.78, 5) is 11.9. The van der Waals surface area contributed by atoms with Crippen LogP contribution in [0.5, 0.6) is 0 Å². The van der Waals surface area contributed by atoms with Gasteiger partial charge in [0.05, 0.1) is 10.6 Å². The molecule has 0 aromatic heterocycles. The molecule has 0 aliphatic heterocycles. The summed E-state index contributed by atoms with van der Waals surface area (Å²) < 4.78 is 5.28. The lowest BCUT2D eigenvalue weighted by Crippen LogP contribution is -2.24. The summed E-state index contributed by atoms with van der Waals surface area (Å²) in [5, 5.41) is 0.449. The van der Waals surface area contributed by atoms with Crippen LogP contribution >= 0.6 is 11.6 Å². The third-order valence-electron chi connectivity index (χ3n) is 2.28. The van der Waals surface area contributed by atoms with Crippen molar-refractivity contribution in [2.24, 2.45) is 0 Å². The molecular formula is C14H19ClO2. The maximum atomic E-state index is 11.9. The molecule has 0 amide bonds. The Labute approximate surface area is 108 Å². The second-order valence-corrected chi connectivity index (χ2v) is 5.80. The highest BCUT2D eigenvalue weighted by Gasteiger charge is 2.20. The van der Waals surface area contributed by atoms with E-state index in [2.05, 4.69) is 13.8 Å². The van der Waals surface area contributed by atoms with Crippen molar-refractivity contribution in [2.75, 3.05) is 0 Å². The average molecular weight is 255 g/mol. The van der Waals surface area contributed by atoms with Crippen LogP contribution in [0.15, 0.2) is 18.2 Å². The van der Waals surface area contributed by atoms with Gasteiger partial charge in [-0.2, -0.15) is 0 Å². The van der Waals surface area contributed by atoms with E-state index < -0.39 is 5.60 Å². The molecular weight excluding hydrogens is 236 g/mol. The number of benzene rings is 1. The third kappa shape index (κ3) is 4.04. The molecule has 0 atom stereocenters. The molecule has 1 rings (SSSR count). The monoisotopic (exact) mass is 254 g/mol. The van der Waals surface area contributed by atoms with E-state index in [0.717, 1.165) is 5.56 Å². The van der Waals surface area contributed by atoms with Crippen molar-refractivity contribution in [1.82, 2.24) is 0 Å². The highest BCUT2D eigenvalue weighted by atomic mass is 35.5. The Morgan fingerprint density at radius 1 is 1.29 bits per heavy atom. The van der Waals surface area contributed by atoms with Gasteiger partial charge in [-0.15, -0.1) is 0 Å². The largest absolute Gasteiger partial charge is 0.456 e. The Bertz CT molecular complexity index is 417. The van der Waals surface area contributed by atoms with Gasteiger partial charge in [-0.05, 0) is 44.4 Å². The molecule has 0 saturated heterocycles. The molecule has 3 heteroatoms. The Hall–Kier alpha value is -1.02. The lowest BCUT2D eigenvalue weighted by atomic mass is 10.0. The van der Waals surface area contributed by atoms with Crippen LogP contribution in [-0.4, -0.2) is 11.6 Å². The average Bonchev–Trinajstić information content (AvgIpc) is 2.14. The molecule has 0 aliphatic rings. The number of carbonyl (C=O) groups is 1. The molecule has 0 bridgehead atoms. The van der Waals surface area contributed by atoms with Gasteiger partial charge in [0.2, 0.25) is 0 Å². The summed E-state index contributed by atoms with van der Waals surface area (Å²) in [6.45, 7) is 9.67. The Morgan fingerprint density at radius 2 is 1.88 bits per heavy atom. The molecule has 0 heterocycles. The summed E-state index contributed by atoms with van der Waals surface area (Å²) in [6, 6.07) is 5.47. The van der Waals surface area contributed by atoms with E-state index in [9.17, 15) is 4.79 Å². The Morgan fingerprint density at radius 3 is 2.29 bits per heavy atom. The SMILES string of the molecule is CC(C)c1ccc(C(=O)OC(C)(C)C)c(Cl)c1. The molecule has 0 fully saturated rings. The fourth-order valence-corrected chi connectivity index (χ4v) is 1.66. The van der Waals surface area contributed by atoms with Crippen molar-refractivity contribution in [3.05, 3.63) is 34.3 Å². The highest BCUT2D eigenvalue weighted by molar-refractivity contribution is 6.33. The van der Waals surface area contributed by atoms with Crippen LogP contribution in [0.3, 0.4) is 0 Å². The van der Waals surface area contributed by atoms with E-state index in [1.54, 1.807) is 6.07 Å².